The van der Waals surface area contributed by atoms with Gasteiger partial charge in [0.2, 0.25) is 0 Å². The fourth-order valence-corrected chi connectivity index (χ4v) is 4.92. The van der Waals surface area contributed by atoms with Gasteiger partial charge < -0.3 is 14.5 Å². The van der Waals surface area contributed by atoms with Crippen LogP contribution in [0.15, 0.2) is 79.1 Å². The topological polar surface area (TPSA) is 64.2 Å². The number of nitrogens with zero attached hydrogens (tertiary/aromatic N) is 1. The summed E-state index contributed by atoms with van der Waals surface area (Å²) in [5, 5.41) is 0. The molecule has 1 aliphatic carbocycles. The maximum absolute atomic E-state index is 12.7. The normalized spacial score (nSPS) is 13.9. The van der Waals surface area contributed by atoms with Crippen LogP contribution >= 0.6 is 0 Å². The van der Waals surface area contributed by atoms with Crippen molar-refractivity contribution in [2.45, 2.75) is 58.2 Å². The lowest BCUT2D eigenvalue weighted by Crippen LogP contribution is -2.18. The molecule has 1 N–H and O–H groups in total. The van der Waals surface area contributed by atoms with Crippen LogP contribution in [0.4, 0.5) is 0 Å². The summed E-state index contributed by atoms with van der Waals surface area (Å²) in [6.07, 6.45) is 6.23. The Kier molecular flexibility index (Phi) is 7.17. The maximum Gasteiger partial charge on any atom is 0.163 e. The predicted molar refractivity (Wildman–Crippen MR) is 141 cm³/mol. The number of ketones is 1. The van der Waals surface area contributed by atoms with Crippen LogP contribution in [0, 0.1) is 0 Å². The van der Waals surface area contributed by atoms with Gasteiger partial charge in [0.1, 0.15) is 30.0 Å². The Hall–Kier alpha value is -3.86. The summed E-state index contributed by atoms with van der Waals surface area (Å²) in [6, 6.07) is 22.2. The van der Waals surface area contributed by atoms with Gasteiger partial charge in [0.15, 0.2) is 5.78 Å². The van der Waals surface area contributed by atoms with Gasteiger partial charge in [-0.1, -0.05) is 62.4 Å². The number of carbonyl (C=O) groups excluding carboxylic acids is 1. The Balaban J connectivity index is 1.51. The highest BCUT2D eigenvalue weighted by Crippen LogP contribution is 2.36. The molecule has 1 heterocycles. The summed E-state index contributed by atoms with van der Waals surface area (Å²) < 4.78 is 13.1. The molecule has 0 saturated carbocycles. The molecule has 5 nitrogen and oxygen atoms in total. The van der Waals surface area contributed by atoms with Gasteiger partial charge in [0.25, 0.3) is 0 Å². The van der Waals surface area contributed by atoms with Crippen molar-refractivity contribution in [3.63, 3.8) is 0 Å². The Labute approximate surface area is 212 Å². The number of aromatic nitrogens is 2. The number of para-hydroxylation sites is 1. The standard InChI is InChI=1S/C31H32N2O3/c1-21(2)23-11-6-7-14-28(23)35-20-26-24-12-8-13-27(34)25(24)15-16-29(26)36-30(19-31-32-17-18-33-31)22-9-4-3-5-10-22/h3-7,9-11,14-18,21,30H,8,12-13,19-20H2,1-2H3,(H,32,33)/t30-/m0/s1. The van der Waals surface area contributed by atoms with Crippen LogP contribution in [0.2, 0.25) is 0 Å². The second-order valence-electron chi connectivity index (χ2n) is 9.58. The number of nitrogens with one attached hydrogen (secondary N) is 1. The summed E-state index contributed by atoms with van der Waals surface area (Å²) in [6.45, 7) is 4.68. The quantitative estimate of drug-likeness (QED) is 0.280. The Morgan fingerprint density at radius 2 is 1.75 bits per heavy atom. The first kappa shape index (κ1) is 23.9. The minimum absolute atomic E-state index is 0.196. The van der Waals surface area contributed by atoms with E-state index >= 15 is 0 Å². The highest BCUT2D eigenvalue weighted by atomic mass is 16.5. The molecule has 0 fully saturated rings. The number of hydrogen-bond acceptors (Lipinski definition) is 4. The number of benzene rings is 3. The average Bonchev–Trinajstić information content (AvgIpc) is 3.41. The van der Waals surface area contributed by atoms with Gasteiger partial charge >= 0.3 is 0 Å². The molecule has 0 bridgehead atoms. The lowest BCUT2D eigenvalue weighted by atomic mass is 9.87. The number of aromatic amines is 1. The molecule has 0 radical (unpaired) electrons. The lowest BCUT2D eigenvalue weighted by Gasteiger charge is -2.25. The van der Waals surface area contributed by atoms with E-state index in [4.69, 9.17) is 9.47 Å². The molecule has 0 aliphatic heterocycles. The van der Waals surface area contributed by atoms with E-state index < -0.39 is 0 Å². The molecule has 0 amide bonds. The molecule has 36 heavy (non-hydrogen) atoms. The molecule has 5 rings (SSSR count). The van der Waals surface area contributed by atoms with Crippen LogP contribution in [-0.2, 0) is 19.4 Å². The second kappa shape index (κ2) is 10.8. The summed E-state index contributed by atoms with van der Waals surface area (Å²) in [4.78, 5) is 20.3. The van der Waals surface area contributed by atoms with Crippen molar-refractivity contribution in [2.75, 3.05) is 0 Å². The van der Waals surface area contributed by atoms with Crippen molar-refractivity contribution < 1.29 is 14.3 Å². The third-order valence-electron chi connectivity index (χ3n) is 6.81. The minimum atomic E-state index is -0.239. The van der Waals surface area contributed by atoms with E-state index in [1.54, 1.807) is 6.20 Å². The van der Waals surface area contributed by atoms with E-state index in [1.807, 2.05) is 54.7 Å². The highest BCUT2D eigenvalue weighted by molar-refractivity contribution is 5.99. The summed E-state index contributed by atoms with van der Waals surface area (Å²) in [5.41, 5.74) is 5.04. The van der Waals surface area contributed by atoms with Crippen molar-refractivity contribution in [3.05, 3.63) is 113 Å². The number of fused-ring (bicyclic) bond motifs is 1. The number of ether oxygens (including phenoxy) is 2. The van der Waals surface area contributed by atoms with Crippen LogP contribution in [0.3, 0.4) is 0 Å². The first-order valence-electron chi connectivity index (χ1n) is 12.7. The first-order valence-corrected chi connectivity index (χ1v) is 12.7. The monoisotopic (exact) mass is 480 g/mol. The Morgan fingerprint density at radius 3 is 2.53 bits per heavy atom. The second-order valence-corrected chi connectivity index (χ2v) is 9.58. The third kappa shape index (κ3) is 5.20. The Bertz CT molecular complexity index is 1310. The van der Waals surface area contributed by atoms with Crippen molar-refractivity contribution in [3.8, 4) is 11.5 Å². The van der Waals surface area contributed by atoms with Crippen molar-refractivity contribution in [1.82, 2.24) is 9.97 Å². The van der Waals surface area contributed by atoms with E-state index in [2.05, 4.69) is 42.0 Å². The zero-order valence-electron chi connectivity index (χ0n) is 20.9. The number of carbonyl (C=O) groups is 1. The molecule has 5 heteroatoms. The number of rotatable bonds is 9. The minimum Gasteiger partial charge on any atom is -0.488 e. The van der Waals surface area contributed by atoms with Gasteiger partial charge in [-0.25, -0.2) is 4.98 Å². The first-order chi connectivity index (χ1) is 17.6. The van der Waals surface area contributed by atoms with Gasteiger partial charge in [-0.15, -0.1) is 0 Å². The van der Waals surface area contributed by atoms with Crippen molar-refractivity contribution >= 4 is 5.78 Å². The third-order valence-corrected chi connectivity index (χ3v) is 6.81. The van der Waals surface area contributed by atoms with Crippen LogP contribution in [-0.4, -0.2) is 15.8 Å². The number of hydrogen-bond donors (Lipinski definition) is 1. The molecule has 184 valence electrons. The largest absolute Gasteiger partial charge is 0.488 e. The van der Waals surface area contributed by atoms with E-state index in [0.29, 0.717) is 25.4 Å². The molecule has 1 aromatic heterocycles. The average molecular weight is 481 g/mol. The van der Waals surface area contributed by atoms with Crippen LogP contribution in [0.5, 0.6) is 11.5 Å². The zero-order chi connectivity index (χ0) is 24.9. The van der Waals surface area contributed by atoms with Crippen LogP contribution in [0.1, 0.15) is 77.1 Å². The lowest BCUT2D eigenvalue weighted by molar-refractivity contribution is 0.0971. The summed E-state index contributed by atoms with van der Waals surface area (Å²) in [7, 11) is 0. The number of Topliss-reactive ketones (excluding diaryl/α,β-unsaturated/α-hetero) is 1. The Morgan fingerprint density at radius 1 is 0.944 bits per heavy atom. The number of H-pyrrole nitrogens is 1. The van der Waals surface area contributed by atoms with E-state index in [-0.39, 0.29) is 11.9 Å². The van der Waals surface area contributed by atoms with Gasteiger partial charge in [-0.05, 0) is 53.6 Å². The molecule has 1 aliphatic rings. The molecular formula is C31H32N2O3. The smallest absolute Gasteiger partial charge is 0.163 e. The van der Waals surface area contributed by atoms with Crippen LogP contribution < -0.4 is 9.47 Å². The zero-order valence-corrected chi connectivity index (χ0v) is 20.9. The number of imidazole rings is 1. The summed E-state index contributed by atoms with van der Waals surface area (Å²) in [5.74, 6) is 3.03. The SMILES string of the molecule is CC(C)c1ccccc1OCc1c(O[C@@H](Cc2ncc[nH]2)c2ccccc2)ccc2c1CCCC2=O. The van der Waals surface area contributed by atoms with Gasteiger partial charge in [-0.2, -0.15) is 0 Å². The molecule has 1 atom stereocenters. The van der Waals surface area contributed by atoms with Crippen LogP contribution in [0.25, 0.3) is 0 Å². The van der Waals surface area contributed by atoms with Crippen molar-refractivity contribution in [1.29, 1.82) is 0 Å². The highest BCUT2D eigenvalue weighted by Gasteiger charge is 2.25. The fraction of sp³-hybridized carbons (Fsp3) is 0.290. The van der Waals surface area contributed by atoms with E-state index in [0.717, 1.165) is 52.4 Å². The van der Waals surface area contributed by atoms with Gasteiger partial charge in [0.05, 0.1) is 0 Å². The fourth-order valence-electron chi connectivity index (χ4n) is 4.92. The molecule has 0 spiro atoms. The molecule has 0 unspecified atom stereocenters. The summed E-state index contributed by atoms with van der Waals surface area (Å²) >= 11 is 0. The molecule has 3 aromatic carbocycles. The molecular weight excluding hydrogens is 448 g/mol. The van der Waals surface area contributed by atoms with E-state index in [9.17, 15) is 4.79 Å². The van der Waals surface area contributed by atoms with E-state index in [1.165, 1.54) is 5.56 Å². The van der Waals surface area contributed by atoms with Gasteiger partial charge in [0, 0.05) is 36.4 Å². The van der Waals surface area contributed by atoms with Gasteiger partial charge in [-0.3, -0.25) is 4.79 Å². The molecule has 4 aromatic rings. The molecule has 0 saturated heterocycles. The maximum atomic E-state index is 12.7. The van der Waals surface area contributed by atoms with Crippen molar-refractivity contribution in [2.24, 2.45) is 0 Å². The predicted octanol–water partition coefficient (Wildman–Crippen LogP) is 6.99.